The van der Waals surface area contributed by atoms with E-state index < -0.39 is 0 Å². The van der Waals surface area contributed by atoms with E-state index in [4.69, 9.17) is 10.5 Å². The van der Waals surface area contributed by atoms with Gasteiger partial charge in [0.1, 0.15) is 0 Å². The van der Waals surface area contributed by atoms with Gasteiger partial charge in [0, 0.05) is 12.4 Å². The minimum atomic E-state index is -0.109. The van der Waals surface area contributed by atoms with Crippen molar-refractivity contribution in [3.05, 3.63) is 58.7 Å². The fraction of sp³-hybridized carbons (Fsp3) is 0. The Bertz CT molecular complexity index is 881. The van der Waals surface area contributed by atoms with Crippen LogP contribution in [-0.2, 0) is 47.6 Å². The van der Waals surface area contributed by atoms with Gasteiger partial charge < -0.3 is 29.7 Å². The molecule has 4 nitrogen and oxygen atoms in total. The van der Waals surface area contributed by atoms with Crippen LogP contribution in [0.3, 0.4) is 0 Å². The summed E-state index contributed by atoms with van der Waals surface area (Å²) in [5.41, 5.74) is 0.970. The van der Waals surface area contributed by atoms with Gasteiger partial charge in [0.25, 0.3) is 0 Å². The molecule has 0 saturated carbocycles. The molecule has 0 radical (unpaired) electrons. The molecule has 22 heavy (non-hydrogen) atoms. The Labute approximate surface area is 154 Å². The van der Waals surface area contributed by atoms with Crippen LogP contribution in [0.4, 0.5) is 0 Å². The SMILES string of the molecule is N#C/C([S-])=C(/[S-])C#N.[Au+3].[c-]1cccc2ccn3ccnc3c12. The second kappa shape index (κ2) is 8.50. The van der Waals surface area contributed by atoms with Gasteiger partial charge in [0.15, 0.2) is 0 Å². The second-order valence-corrected chi connectivity index (χ2v) is 4.67. The number of nitrogens with zero attached hydrogens (tertiary/aromatic N) is 4. The standard InChI is InChI=1S/C11H7N2.C4H2N2S2.Au/c1-2-4-10-9(3-1)5-7-13-8-6-12-11(10)13;5-1-3(7)4(8)2-6;/h1-3,5-8H;7-8H;/q-1;;+3/p-2/b;4-3-;. The van der Waals surface area contributed by atoms with Crippen molar-refractivity contribution in [1.82, 2.24) is 9.38 Å². The molecule has 2 aromatic heterocycles. The summed E-state index contributed by atoms with van der Waals surface area (Å²) >= 11 is 8.70. The van der Waals surface area contributed by atoms with Gasteiger partial charge in [-0.15, -0.1) is 44.8 Å². The molecule has 3 aromatic rings. The second-order valence-electron chi connectivity index (χ2n) is 3.86. The van der Waals surface area contributed by atoms with E-state index in [1.54, 1.807) is 18.3 Å². The Morgan fingerprint density at radius 3 is 2.45 bits per heavy atom. The summed E-state index contributed by atoms with van der Waals surface area (Å²) in [6.45, 7) is 0. The zero-order valence-corrected chi connectivity index (χ0v) is 14.7. The van der Waals surface area contributed by atoms with Crippen molar-refractivity contribution in [3.63, 3.8) is 0 Å². The molecule has 0 amide bonds. The van der Waals surface area contributed by atoms with Gasteiger partial charge in [-0.2, -0.15) is 10.5 Å². The van der Waals surface area contributed by atoms with Gasteiger partial charge in [-0.05, 0) is 6.20 Å². The van der Waals surface area contributed by atoms with E-state index in [0.29, 0.717) is 0 Å². The van der Waals surface area contributed by atoms with E-state index >= 15 is 0 Å². The summed E-state index contributed by atoms with van der Waals surface area (Å²) in [7, 11) is 0. The predicted molar refractivity (Wildman–Crippen MR) is 84.5 cm³/mol. The first-order chi connectivity index (χ1) is 10.2. The summed E-state index contributed by atoms with van der Waals surface area (Å²) in [6, 6.07) is 14.4. The van der Waals surface area contributed by atoms with Crippen LogP contribution in [0.15, 0.2) is 52.7 Å². The Morgan fingerprint density at radius 2 is 1.82 bits per heavy atom. The van der Waals surface area contributed by atoms with E-state index in [-0.39, 0.29) is 32.2 Å². The van der Waals surface area contributed by atoms with Gasteiger partial charge in [0.05, 0.1) is 17.8 Å². The van der Waals surface area contributed by atoms with Crippen molar-refractivity contribution in [2.75, 3.05) is 0 Å². The van der Waals surface area contributed by atoms with Crippen LogP contribution >= 0.6 is 0 Å². The molecule has 0 bridgehead atoms. The van der Waals surface area contributed by atoms with Gasteiger partial charge in [0.2, 0.25) is 0 Å². The maximum atomic E-state index is 8.01. The molecule has 2 heterocycles. The Kier molecular flexibility index (Phi) is 7.00. The summed E-state index contributed by atoms with van der Waals surface area (Å²) < 4.78 is 2.00. The fourth-order valence-corrected chi connectivity index (χ4v) is 1.76. The molecule has 3 rings (SSSR count). The number of benzene rings is 1. The Hall–Kier alpha value is -1.93. The quantitative estimate of drug-likeness (QED) is 0.204. The fourth-order valence-electron chi connectivity index (χ4n) is 1.67. The van der Waals surface area contributed by atoms with Gasteiger partial charge in [-0.3, -0.25) is 4.98 Å². The maximum absolute atomic E-state index is 8.01. The molecule has 110 valence electrons. The third kappa shape index (κ3) is 4.05. The number of rotatable bonds is 0. The Morgan fingerprint density at radius 1 is 1.14 bits per heavy atom. The van der Waals surface area contributed by atoms with E-state index in [2.05, 4.69) is 48.4 Å². The number of allylic oxidation sites excluding steroid dienone is 2. The molecule has 0 aliphatic carbocycles. The number of fused-ring (bicyclic) bond motifs is 3. The number of hydrogen-bond donors (Lipinski definition) is 0. The predicted octanol–water partition coefficient (Wildman–Crippen LogP) is 2.62. The third-order valence-electron chi connectivity index (χ3n) is 2.60. The number of nitriles is 2. The van der Waals surface area contributed by atoms with Crippen molar-refractivity contribution in [2.24, 2.45) is 0 Å². The van der Waals surface area contributed by atoms with Crippen molar-refractivity contribution < 1.29 is 22.4 Å². The number of aromatic nitrogens is 2. The van der Waals surface area contributed by atoms with Gasteiger partial charge in [-0.1, -0.05) is 6.07 Å². The molecule has 7 heteroatoms. The average molecular weight is 504 g/mol. The smallest absolute Gasteiger partial charge is 0.770 e. The summed E-state index contributed by atoms with van der Waals surface area (Å²) in [5, 5.41) is 18.3. The first-order valence-corrected chi connectivity index (χ1v) is 6.59. The Balaban J connectivity index is 0.000000238. The molecule has 0 fully saturated rings. The van der Waals surface area contributed by atoms with Crippen LogP contribution in [0.25, 0.3) is 16.4 Å². The molecule has 0 aliphatic rings. The summed E-state index contributed by atoms with van der Waals surface area (Å²) in [4.78, 5) is 4.06. The first kappa shape index (κ1) is 18.1. The normalized spacial score (nSPS) is 10.5. The van der Waals surface area contributed by atoms with Crippen LogP contribution in [0.1, 0.15) is 0 Å². The first-order valence-electron chi connectivity index (χ1n) is 5.78. The summed E-state index contributed by atoms with van der Waals surface area (Å²) in [5.74, 6) is 0. The van der Waals surface area contributed by atoms with Crippen LogP contribution < -0.4 is 0 Å². The zero-order valence-electron chi connectivity index (χ0n) is 10.9. The van der Waals surface area contributed by atoms with Crippen LogP contribution in [-0.4, -0.2) is 9.38 Å². The molecule has 0 atom stereocenters. The van der Waals surface area contributed by atoms with Crippen molar-refractivity contribution in [3.8, 4) is 12.1 Å². The molecule has 0 unspecified atom stereocenters. The van der Waals surface area contributed by atoms with Crippen molar-refractivity contribution in [2.45, 2.75) is 0 Å². The van der Waals surface area contributed by atoms with Gasteiger partial charge >= 0.3 is 22.4 Å². The minimum Gasteiger partial charge on any atom is -0.770 e. The van der Waals surface area contributed by atoms with Gasteiger partial charge in [-0.25, -0.2) is 0 Å². The van der Waals surface area contributed by atoms with E-state index in [1.807, 2.05) is 28.9 Å². The average Bonchev–Trinajstić information content (AvgIpc) is 3.03. The van der Waals surface area contributed by atoms with Crippen molar-refractivity contribution >= 4 is 41.7 Å². The number of imidazole rings is 1. The molecule has 0 N–H and O–H groups in total. The summed E-state index contributed by atoms with van der Waals surface area (Å²) in [6.07, 6.45) is 5.75. The molecule has 0 spiro atoms. The minimum absolute atomic E-state index is 0. The number of hydrogen-bond acceptors (Lipinski definition) is 5. The van der Waals surface area contributed by atoms with E-state index in [9.17, 15) is 0 Å². The molecule has 0 saturated heterocycles. The molecule has 1 aromatic carbocycles. The zero-order chi connectivity index (χ0) is 15.2. The van der Waals surface area contributed by atoms with Crippen LogP contribution in [0, 0.1) is 28.7 Å². The van der Waals surface area contributed by atoms with Crippen molar-refractivity contribution in [1.29, 1.82) is 10.5 Å². The van der Waals surface area contributed by atoms with Crippen LogP contribution in [0.5, 0.6) is 0 Å². The largest absolute Gasteiger partial charge is 3.00 e. The number of pyridine rings is 1. The maximum Gasteiger partial charge on any atom is 3.00 e. The third-order valence-corrected chi connectivity index (χ3v) is 3.32. The topological polar surface area (TPSA) is 64.9 Å². The molecular formula is C15H7AuN4S2. The van der Waals surface area contributed by atoms with E-state index in [0.717, 1.165) is 11.0 Å². The van der Waals surface area contributed by atoms with E-state index in [1.165, 1.54) is 5.39 Å². The molecule has 0 aliphatic heterocycles. The monoisotopic (exact) mass is 504 g/mol. The molecular weight excluding hydrogens is 497 g/mol. The van der Waals surface area contributed by atoms with Crippen LogP contribution in [0.2, 0.25) is 0 Å².